The highest BCUT2D eigenvalue weighted by atomic mass is 32.1. The molecular weight excluding hydrogens is 367 g/mol. The van der Waals surface area contributed by atoms with Crippen LogP contribution in [0.25, 0.3) is 32.7 Å². The van der Waals surface area contributed by atoms with Gasteiger partial charge >= 0.3 is 5.97 Å². The SMILES string of the molecule is O=C(O)Cn1c(-c2ccccc2)nc2scc(-c3ccc(F)cc3)c2c1=O. The Labute approximate surface area is 157 Å². The average Bonchev–Trinajstić information content (AvgIpc) is 3.09. The van der Waals surface area contributed by atoms with Crippen LogP contribution in [0.5, 0.6) is 0 Å². The fraction of sp³-hybridized carbons (Fsp3) is 0.0500. The number of hydrogen-bond donors (Lipinski definition) is 1. The fourth-order valence-corrected chi connectivity index (χ4v) is 3.89. The number of carbonyl (C=O) groups is 1. The third-order valence-electron chi connectivity index (χ3n) is 4.17. The summed E-state index contributed by atoms with van der Waals surface area (Å²) in [5, 5.41) is 11.4. The summed E-state index contributed by atoms with van der Waals surface area (Å²) in [6, 6.07) is 14.8. The Kier molecular flexibility index (Phi) is 4.29. The molecule has 0 saturated carbocycles. The molecule has 134 valence electrons. The maximum atomic E-state index is 13.2. The molecule has 0 radical (unpaired) electrons. The lowest BCUT2D eigenvalue weighted by atomic mass is 10.1. The van der Waals surface area contributed by atoms with Gasteiger partial charge in [0.15, 0.2) is 0 Å². The van der Waals surface area contributed by atoms with E-state index in [1.165, 1.54) is 28.0 Å². The number of carboxylic acids is 1. The zero-order valence-corrected chi connectivity index (χ0v) is 14.7. The van der Waals surface area contributed by atoms with Gasteiger partial charge in [0, 0.05) is 16.5 Å². The first-order chi connectivity index (χ1) is 13.0. The zero-order valence-electron chi connectivity index (χ0n) is 13.9. The minimum Gasteiger partial charge on any atom is -0.480 e. The van der Waals surface area contributed by atoms with Gasteiger partial charge in [0.2, 0.25) is 0 Å². The molecule has 0 aliphatic rings. The minimum atomic E-state index is -1.13. The summed E-state index contributed by atoms with van der Waals surface area (Å²) in [4.78, 5) is 29.6. The lowest BCUT2D eigenvalue weighted by Crippen LogP contribution is -2.26. The van der Waals surface area contributed by atoms with Crippen LogP contribution in [0.1, 0.15) is 0 Å². The number of halogens is 1. The van der Waals surface area contributed by atoms with Crippen LogP contribution in [-0.4, -0.2) is 20.6 Å². The number of rotatable bonds is 4. The van der Waals surface area contributed by atoms with Crippen molar-refractivity contribution in [3.63, 3.8) is 0 Å². The highest BCUT2D eigenvalue weighted by molar-refractivity contribution is 7.17. The van der Waals surface area contributed by atoms with Gasteiger partial charge in [0.1, 0.15) is 23.0 Å². The van der Waals surface area contributed by atoms with E-state index in [0.717, 1.165) is 0 Å². The molecule has 0 saturated heterocycles. The second-order valence-corrected chi connectivity index (χ2v) is 6.78. The molecule has 0 fully saturated rings. The molecule has 2 aromatic carbocycles. The van der Waals surface area contributed by atoms with Crippen molar-refractivity contribution in [1.29, 1.82) is 0 Å². The normalized spacial score (nSPS) is 11.0. The standard InChI is InChI=1S/C20H13FN2O3S/c21-14-8-6-12(7-9-14)15-11-27-19-17(15)20(26)23(10-16(24)25)18(22-19)13-4-2-1-3-5-13/h1-9,11H,10H2,(H,24,25). The van der Waals surface area contributed by atoms with Crippen LogP contribution in [-0.2, 0) is 11.3 Å². The van der Waals surface area contributed by atoms with Gasteiger partial charge in [-0.15, -0.1) is 11.3 Å². The van der Waals surface area contributed by atoms with E-state index in [9.17, 15) is 19.1 Å². The Hall–Kier alpha value is -3.32. The Bertz CT molecular complexity index is 1200. The molecule has 0 unspecified atom stereocenters. The van der Waals surface area contributed by atoms with Crippen molar-refractivity contribution < 1.29 is 14.3 Å². The number of thiophene rings is 1. The first-order valence-electron chi connectivity index (χ1n) is 8.10. The molecule has 5 nitrogen and oxygen atoms in total. The molecule has 0 aliphatic carbocycles. The first-order valence-corrected chi connectivity index (χ1v) is 8.98. The van der Waals surface area contributed by atoms with E-state index in [0.29, 0.717) is 32.7 Å². The fourth-order valence-electron chi connectivity index (χ4n) is 2.96. The van der Waals surface area contributed by atoms with Gasteiger partial charge in [0.25, 0.3) is 5.56 Å². The van der Waals surface area contributed by atoms with Gasteiger partial charge in [-0.25, -0.2) is 9.37 Å². The van der Waals surface area contributed by atoms with Gasteiger partial charge in [-0.1, -0.05) is 42.5 Å². The van der Waals surface area contributed by atoms with Crippen LogP contribution < -0.4 is 5.56 Å². The molecule has 4 aromatic rings. The van der Waals surface area contributed by atoms with Gasteiger partial charge in [0.05, 0.1) is 5.39 Å². The summed E-state index contributed by atoms with van der Waals surface area (Å²) >= 11 is 1.30. The van der Waals surface area contributed by atoms with E-state index in [1.807, 2.05) is 6.07 Å². The average molecular weight is 380 g/mol. The predicted molar refractivity (Wildman–Crippen MR) is 102 cm³/mol. The summed E-state index contributed by atoms with van der Waals surface area (Å²) in [6.45, 7) is -0.495. The number of aliphatic carboxylic acids is 1. The molecule has 0 amide bonds. The summed E-state index contributed by atoms with van der Waals surface area (Å²) in [5.74, 6) is -1.19. The first kappa shape index (κ1) is 17.1. The monoisotopic (exact) mass is 380 g/mol. The molecule has 7 heteroatoms. The van der Waals surface area contributed by atoms with E-state index < -0.39 is 18.1 Å². The van der Waals surface area contributed by atoms with Crippen LogP contribution in [0.2, 0.25) is 0 Å². The highest BCUT2D eigenvalue weighted by Crippen LogP contribution is 2.32. The quantitative estimate of drug-likeness (QED) is 0.581. The second kappa shape index (κ2) is 6.77. The zero-order chi connectivity index (χ0) is 19.0. The van der Waals surface area contributed by atoms with Crippen molar-refractivity contribution in [2.45, 2.75) is 6.54 Å². The maximum Gasteiger partial charge on any atom is 0.323 e. The van der Waals surface area contributed by atoms with E-state index in [4.69, 9.17) is 0 Å². The Morgan fingerprint density at radius 1 is 1.07 bits per heavy atom. The van der Waals surface area contributed by atoms with Crippen LogP contribution in [0.4, 0.5) is 4.39 Å². The topological polar surface area (TPSA) is 72.2 Å². The number of carboxylic acid groups (broad SMARTS) is 1. The van der Waals surface area contributed by atoms with Gasteiger partial charge in [-0.3, -0.25) is 14.2 Å². The largest absolute Gasteiger partial charge is 0.480 e. The minimum absolute atomic E-state index is 0.308. The number of nitrogens with zero attached hydrogens (tertiary/aromatic N) is 2. The lowest BCUT2D eigenvalue weighted by Gasteiger charge is -2.11. The van der Waals surface area contributed by atoms with E-state index >= 15 is 0 Å². The molecule has 0 atom stereocenters. The maximum absolute atomic E-state index is 13.2. The van der Waals surface area contributed by atoms with Crippen LogP contribution in [0.3, 0.4) is 0 Å². The van der Waals surface area contributed by atoms with Gasteiger partial charge in [-0.05, 0) is 17.7 Å². The molecule has 0 bridgehead atoms. The van der Waals surface area contributed by atoms with Crippen molar-refractivity contribution in [2.75, 3.05) is 0 Å². The van der Waals surface area contributed by atoms with Crippen molar-refractivity contribution in [3.05, 3.63) is 76.1 Å². The number of fused-ring (bicyclic) bond motifs is 1. The molecule has 0 aliphatic heterocycles. The third-order valence-corrected chi connectivity index (χ3v) is 5.05. The Morgan fingerprint density at radius 2 is 1.78 bits per heavy atom. The predicted octanol–water partition coefficient (Wildman–Crippen LogP) is 4.02. The molecular formula is C20H13FN2O3S. The molecule has 2 aromatic heterocycles. The summed E-state index contributed by atoms with van der Waals surface area (Å²) < 4.78 is 14.4. The van der Waals surface area contributed by atoms with Crippen LogP contribution >= 0.6 is 11.3 Å². The molecule has 27 heavy (non-hydrogen) atoms. The lowest BCUT2D eigenvalue weighted by molar-refractivity contribution is -0.137. The number of hydrogen-bond acceptors (Lipinski definition) is 4. The van der Waals surface area contributed by atoms with Crippen LogP contribution in [0.15, 0.2) is 64.8 Å². The van der Waals surface area contributed by atoms with Gasteiger partial charge < -0.3 is 5.11 Å². The van der Waals surface area contributed by atoms with Crippen molar-refractivity contribution in [1.82, 2.24) is 9.55 Å². The van der Waals surface area contributed by atoms with E-state index in [-0.39, 0.29) is 5.82 Å². The van der Waals surface area contributed by atoms with Crippen LogP contribution in [0, 0.1) is 5.82 Å². The summed E-state index contributed by atoms with van der Waals surface area (Å²) in [7, 11) is 0. The smallest absolute Gasteiger partial charge is 0.323 e. The molecule has 0 spiro atoms. The van der Waals surface area contributed by atoms with E-state index in [1.54, 1.807) is 41.8 Å². The highest BCUT2D eigenvalue weighted by Gasteiger charge is 2.19. The van der Waals surface area contributed by atoms with Crippen molar-refractivity contribution in [3.8, 4) is 22.5 Å². The van der Waals surface area contributed by atoms with Crippen molar-refractivity contribution in [2.24, 2.45) is 0 Å². The molecule has 1 N–H and O–H groups in total. The Balaban J connectivity index is 2.01. The number of benzene rings is 2. The summed E-state index contributed by atoms with van der Waals surface area (Å²) in [5.41, 5.74) is 1.53. The molecule has 2 heterocycles. The third kappa shape index (κ3) is 3.13. The van der Waals surface area contributed by atoms with E-state index in [2.05, 4.69) is 4.98 Å². The van der Waals surface area contributed by atoms with Crippen molar-refractivity contribution >= 4 is 27.5 Å². The second-order valence-electron chi connectivity index (χ2n) is 5.92. The van der Waals surface area contributed by atoms with Gasteiger partial charge in [-0.2, -0.15) is 0 Å². The Morgan fingerprint density at radius 3 is 2.44 bits per heavy atom. The molecule has 4 rings (SSSR count). The number of aromatic nitrogens is 2. The summed E-state index contributed by atoms with van der Waals surface area (Å²) in [6.07, 6.45) is 0.